The lowest BCUT2D eigenvalue weighted by molar-refractivity contribution is -0.384. The molecule has 0 fully saturated rings. The predicted molar refractivity (Wildman–Crippen MR) is 104 cm³/mol. The van der Waals surface area contributed by atoms with Gasteiger partial charge in [0.25, 0.3) is 5.69 Å². The van der Waals surface area contributed by atoms with E-state index in [1.165, 1.54) is 29.5 Å². The predicted octanol–water partition coefficient (Wildman–Crippen LogP) is 4.91. The highest BCUT2D eigenvalue weighted by Gasteiger charge is 2.04. The molecule has 0 unspecified atom stereocenters. The summed E-state index contributed by atoms with van der Waals surface area (Å²) in [7, 11) is 0. The number of nitro benzene ring substituents is 1. The molecule has 5 nitrogen and oxygen atoms in total. The number of anilines is 2. The van der Waals surface area contributed by atoms with Crippen LogP contribution in [0.2, 0.25) is 0 Å². The lowest BCUT2D eigenvalue weighted by atomic mass is 10.2. The average molecular weight is 353 g/mol. The summed E-state index contributed by atoms with van der Waals surface area (Å²) in [5, 5.41) is 10.5. The summed E-state index contributed by atoms with van der Waals surface area (Å²) in [6.45, 7) is 2.02. The van der Waals surface area contributed by atoms with Gasteiger partial charge in [0.2, 0.25) is 0 Å². The van der Waals surface area contributed by atoms with E-state index >= 15 is 0 Å². The molecular formula is C19H19N3O2S. The second-order valence-corrected chi connectivity index (χ2v) is 6.49. The quantitative estimate of drug-likeness (QED) is 0.396. The highest BCUT2D eigenvalue weighted by Crippen LogP contribution is 2.29. The van der Waals surface area contributed by atoms with Gasteiger partial charge in [-0.3, -0.25) is 10.1 Å². The van der Waals surface area contributed by atoms with E-state index in [1.807, 2.05) is 55.5 Å². The molecule has 0 aliphatic carbocycles. The summed E-state index contributed by atoms with van der Waals surface area (Å²) < 4.78 is 0. The number of rotatable bonds is 3. The van der Waals surface area contributed by atoms with Crippen LogP contribution in [0.5, 0.6) is 0 Å². The van der Waals surface area contributed by atoms with E-state index in [4.69, 9.17) is 11.5 Å². The molecule has 0 aromatic heterocycles. The Morgan fingerprint density at radius 3 is 1.92 bits per heavy atom. The molecule has 0 heterocycles. The van der Waals surface area contributed by atoms with Gasteiger partial charge in [-0.2, -0.15) is 0 Å². The molecule has 0 amide bonds. The minimum atomic E-state index is -0.408. The molecule has 0 spiro atoms. The number of benzene rings is 3. The number of hydrogen-bond acceptors (Lipinski definition) is 5. The van der Waals surface area contributed by atoms with E-state index in [0.717, 1.165) is 15.5 Å². The van der Waals surface area contributed by atoms with Crippen molar-refractivity contribution in [3.63, 3.8) is 0 Å². The van der Waals surface area contributed by atoms with Crippen molar-refractivity contribution in [3.8, 4) is 0 Å². The van der Waals surface area contributed by atoms with Crippen LogP contribution in [-0.4, -0.2) is 4.92 Å². The zero-order valence-electron chi connectivity index (χ0n) is 13.8. The summed E-state index contributed by atoms with van der Waals surface area (Å²) >= 11 is 1.52. The Morgan fingerprint density at radius 1 is 0.840 bits per heavy atom. The van der Waals surface area contributed by atoms with Gasteiger partial charge in [-0.25, -0.2) is 0 Å². The Balaban J connectivity index is 0.000000236. The second kappa shape index (κ2) is 8.75. The van der Waals surface area contributed by atoms with Gasteiger partial charge in [-0.1, -0.05) is 30.0 Å². The first-order chi connectivity index (χ1) is 11.9. The summed E-state index contributed by atoms with van der Waals surface area (Å²) in [5.74, 6) is 0. The fourth-order valence-corrected chi connectivity index (χ4v) is 2.91. The van der Waals surface area contributed by atoms with Crippen molar-refractivity contribution in [1.29, 1.82) is 0 Å². The Bertz CT molecular complexity index is 834. The number of nitrogen functional groups attached to an aromatic ring is 2. The van der Waals surface area contributed by atoms with Crippen molar-refractivity contribution in [1.82, 2.24) is 0 Å². The molecule has 6 heteroatoms. The maximum absolute atomic E-state index is 10.5. The van der Waals surface area contributed by atoms with Crippen molar-refractivity contribution in [2.45, 2.75) is 16.7 Å². The van der Waals surface area contributed by atoms with Gasteiger partial charge in [-0.05, 0) is 55.0 Å². The number of nitrogens with zero attached hydrogens (tertiary/aromatic N) is 1. The molecule has 0 atom stereocenters. The minimum Gasteiger partial charge on any atom is -0.399 e. The highest BCUT2D eigenvalue weighted by molar-refractivity contribution is 7.99. The summed E-state index contributed by atoms with van der Waals surface area (Å²) in [5.41, 5.74) is 14.0. The Labute approximate surface area is 150 Å². The zero-order valence-corrected chi connectivity index (χ0v) is 14.6. The molecule has 128 valence electrons. The van der Waals surface area contributed by atoms with E-state index in [2.05, 4.69) is 0 Å². The summed E-state index contributed by atoms with van der Waals surface area (Å²) in [6.07, 6.45) is 0. The molecule has 3 aromatic carbocycles. The molecule has 3 aromatic rings. The van der Waals surface area contributed by atoms with Crippen LogP contribution in [0.4, 0.5) is 17.1 Å². The van der Waals surface area contributed by atoms with E-state index in [0.29, 0.717) is 5.69 Å². The van der Waals surface area contributed by atoms with Gasteiger partial charge in [0.15, 0.2) is 0 Å². The van der Waals surface area contributed by atoms with Crippen molar-refractivity contribution >= 4 is 28.8 Å². The van der Waals surface area contributed by atoms with Crippen LogP contribution in [0.25, 0.3) is 0 Å². The normalized spacial score (nSPS) is 9.80. The fourth-order valence-electron chi connectivity index (χ4n) is 2.02. The van der Waals surface area contributed by atoms with Crippen LogP contribution in [0, 0.1) is 17.0 Å². The third-order valence-corrected chi connectivity index (χ3v) is 4.18. The van der Waals surface area contributed by atoms with Gasteiger partial charge in [0.05, 0.1) is 4.92 Å². The van der Waals surface area contributed by atoms with Crippen LogP contribution < -0.4 is 11.5 Å². The highest BCUT2D eigenvalue weighted by atomic mass is 32.2. The molecule has 0 saturated carbocycles. The van der Waals surface area contributed by atoms with Crippen LogP contribution in [0.15, 0.2) is 82.6 Å². The topological polar surface area (TPSA) is 95.2 Å². The SMILES string of the molecule is Cc1cccc(N)c1.Nc1cccc(Sc2ccc([N+](=O)[O-])cc2)c1. The lowest BCUT2D eigenvalue weighted by Gasteiger charge is -2.02. The fraction of sp³-hybridized carbons (Fsp3) is 0.0526. The lowest BCUT2D eigenvalue weighted by Crippen LogP contribution is -1.86. The maximum Gasteiger partial charge on any atom is 0.269 e. The van der Waals surface area contributed by atoms with Gasteiger partial charge < -0.3 is 11.5 Å². The van der Waals surface area contributed by atoms with Crippen molar-refractivity contribution < 1.29 is 4.92 Å². The second-order valence-electron chi connectivity index (χ2n) is 5.34. The maximum atomic E-state index is 10.5. The number of nitro groups is 1. The van der Waals surface area contributed by atoms with E-state index in [1.54, 1.807) is 12.1 Å². The van der Waals surface area contributed by atoms with E-state index < -0.39 is 4.92 Å². The monoisotopic (exact) mass is 353 g/mol. The van der Waals surface area contributed by atoms with Gasteiger partial charge in [-0.15, -0.1) is 0 Å². The number of aryl methyl sites for hydroxylation is 1. The molecule has 0 saturated heterocycles. The van der Waals surface area contributed by atoms with Crippen LogP contribution >= 0.6 is 11.8 Å². The number of hydrogen-bond donors (Lipinski definition) is 2. The third-order valence-electron chi connectivity index (χ3n) is 3.18. The number of non-ortho nitro benzene ring substituents is 1. The summed E-state index contributed by atoms with van der Waals surface area (Å²) in [6, 6.07) is 21.8. The standard InChI is InChI=1S/C12H10N2O2S.C7H9N/c13-9-2-1-3-12(8-9)17-11-6-4-10(5-7-11)14(15)16;1-6-3-2-4-7(8)5-6/h1-8H,13H2;2-5H,8H2,1H3. The smallest absolute Gasteiger partial charge is 0.269 e. The molecule has 25 heavy (non-hydrogen) atoms. The number of nitrogens with two attached hydrogens (primary N) is 2. The Morgan fingerprint density at radius 2 is 1.44 bits per heavy atom. The molecule has 4 N–H and O–H groups in total. The molecule has 0 bridgehead atoms. The first kappa shape index (κ1) is 18.4. The Hall–Kier alpha value is -2.99. The summed E-state index contributed by atoms with van der Waals surface area (Å²) in [4.78, 5) is 12.0. The Kier molecular flexibility index (Phi) is 6.42. The molecule has 0 radical (unpaired) electrons. The largest absolute Gasteiger partial charge is 0.399 e. The minimum absolute atomic E-state index is 0.0990. The first-order valence-electron chi connectivity index (χ1n) is 7.54. The third kappa shape index (κ3) is 6.19. The van der Waals surface area contributed by atoms with Gasteiger partial charge >= 0.3 is 0 Å². The van der Waals surface area contributed by atoms with Crippen LogP contribution in [0.3, 0.4) is 0 Å². The first-order valence-corrected chi connectivity index (χ1v) is 8.35. The van der Waals surface area contributed by atoms with Crippen LogP contribution in [-0.2, 0) is 0 Å². The van der Waals surface area contributed by atoms with E-state index in [9.17, 15) is 10.1 Å². The molecule has 0 aliphatic heterocycles. The van der Waals surface area contributed by atoms with Gasteiger partial charge in [0.1, 0.15) is 0 Å². The van der Waals surface area contributed by atoms with Crippen molar-refractivity contribution in [2.75, 3.05) is 11.5 Å². The van der Waals surface area contributed by atoms with Gasteiger partial charge in [0, 0.05) is 33.3 Å². The van der Waals surface area contributed by atoms with Crippen molar-refractivity contribution in [2.24, 2.45) is 0 Å². The molecule has 3 rings (SSSR count). The van der Waals surface area contributed by atoms with Crippen LogP contribution in [0.1, 0.15) is 5.56 Å². The average Bonchev–Trinajstić information content (AvgIpc) is 2.56. The zero-order chi connectivity index (χ0) is 18.2. The van der Waals surface area contributed by atoms with Crippen molar-refractivity contribution in [3.05, 3.63) is 88.5 Å². The molecular weight excluding hydrogens is 334 g/mol. The molecule has 0 aliphatic rings. The van der Waals surface area contributed by atoms with E-state index in [-0.39, 0.29) is 5.69 Å².